The summed E-state index contributed by atoms with van der Waals surface area (Å²) in [5, 5.41) is 0.254. The van der Waals surface area contributed by atoms with Crippen LogP contribution in [0.4, 0.5) is 13.2 Å². The van der Waals surface area contributed by atoms with Crippen LogP contribution in [0, 0.1) is 5.82 Å². The summed E-state index contributed by atoms with van der Waals surface area (Å²) in [7, 11) is 0. The molecule has 0 unspecified atom stereocenters. The summed E-state index contributed by atoms with van der Waals surface area (Å²) in [4.78, 5) is 28.0. The van der Waals surface area contributed by atoms with E-state index in [4.69, 9.17) is 11.6 Å². The highest BCUT2D eigenvalue weighted by Crippen LogP contribution is 2.20. The van der Waals surface area contributed by atoms with E-state index in [1.165, 1.54) is 46.2 Å². The van der Waals surface area contributed by atoms with Crippen molar-refractivity contribution in [2.24, 2.45) is 0 Å². The molecule has 3 rings (SSSR count). The Morgan fingerprint density at radius 1 is 0.964 bits per heavy atom. The average molecular weight is 413 g/mol. The topological polar surface area (TPSA) is 49.9 Å². The van der Waals surface area contributed by atoms with E-state index in [0.29, 0.717) is 0 Å². The predicted molar refractivity (Wildman–Crippen MR) is 96.3 cm³/mol. The van der Waals surface area contributed by atoms with Crippen LogP contribution >= 0.6 is 11.6 Å². The first-order valence-corrected chi connectivity index (χ1v) is 8.81. The van der Waals surface area contributed by atoms with Crippen LogP contribution in [0.15, 0.2) is 42.5 Å². The number of carbonyl (C=O) groups excluding carboxylic acids is 2. The minimum absolute atomic E-state index is 0.105. The molecule has 28 heavy (non-hydrogen) atoms. The standard InChI is InChI=1S/C19H16ClF3N2O3/c20-13-4-5-16(21)15(11-13)18(27)25-8-6-24(7-9-25)17(26)12-2-1-3-14(10-12)28-19(22)23/h1-5,10-11,19H,6-9H2. The van der Waals surface area contributed by atoms with Crippen LogP contribution in [0.2, 0.25) is 5.02 Å². The van der Waals surface area contributed by atoms with Crippen LogP contribution < -0.4 is 4.74 Å². The quantitative estimate of drug-likeness (QED) is 0.769. The number of carbonyl (C=O) groups is 2. The number of nitrogens with zero attached hydrogens (tertiary/aromatic N) is 2. The lowest BCUT2D eigenvalue weighted by molar-refractivity contribution is -0.0499. The second-order valence-corrected chi connectivity index (χ2v) is 6.55. The molecule has 0 bridgehead atoms. The molecule has 148 valence electrons. The van der Waals surface area contributed by atoms with E-state index >= 15 is 0 Å². The van der Waals surface area contributed by atoms with Crippen molar-refractivity contribution < 1.29 is 27.5 Å². The van der Waals surface area contributed by atoms with Crippen LogP contribution in [-0.2, 0) is 0 Å². The molecular weight excluding hydrogens is 397 g/mol. The van der Waals surface area contributed by atoms with Crippen molar-refractivity contribution in [3.8, 4) is 5.75 Å². The van der Waals surface area contributed by atoms with Crippen LogP contribution in [0.25, 0.3) is 0 Å². The SMILES string of the molecule is O=C(c1cccc(OC(F)F)c1)N1CCN(C(=O)c2cc(Cl)ccc2F)CC1. The Bertz CT molecular complexity index is 886. The lowest BCUT2D eigenvalue weighted by Gasteiger charge is -2.35. The van der Waals surface area contributed by atoms with Crippen LogP contribution in [0.3, 0.4) is 0 Å². The Kier molecular flexibility index (Phi) is 6.08. The third-order valence-corrected chi connectivity index (χ3v) is 4.55. The molecule has 2 aromatic carbocycles. The van der Waals surface area contributed by atoms with Gasteiger partial charge in [-0.05, 0) is 36.4 Å². The van der Waals surface area contributed by atoms with Gasteiger partial charge in [-0.1, -0.05) is 17.7 Å². The average Bonchev–Trinajstić information content (AvgIpc) is 2.68. The second kappa shape index (κ2) is 8.52. The molecule has 2 amide bonds. The number of hydrogen-bond donors (Lipinski definition) is 0. The van der Waals surface area contributed by atoms with Gasteiger partial charge in [0, 0.05) is 36.8 Å². The summed E-state index contributed by atoms with van der Waals surface area (Å²) >= 11 is 5.83. The van der Waals surface area contributed by atoms with Gasteiger partial charge in [0.25, 0.3) is 11.8 Å². The van der Waals surface area contributed by atoms with Crippen LogP contribution in [-0.4, -0.2) is 54.4 Å². The Hall–Kier alpha value is -2.74. The molecule has 1 saturated heterocycles. The Morgan fingerprint density at radius 3 is 2.25 bits per heavy atom. The van der Waals surface area contributed by atoms with Gasteiger partial charge in [-0.3, -0.25) is 9.59 Å². The molecule has 1 aliphatic rings. The van der Waals surface area contributed by atoms with E-state index in [9.17, 15) is 22.8 Å². The van der Waals surface area contributed by atoms with Gasteiger partial charge in [0.2, 0.25) is 0 Å². The van der Waals surface area contributed by atoms with Crippen molar-refractivity contribution in [2.75, 3.05) is 26.2 Å². The molecular formula is C19H16ClF3N2O3. The minimum atomic E-state index is -2.98. The van der Waals surface area contributed by atoms with Crippen molar-refractivity contribution >= 4 is 23.4 Å². The van der Waals surface area contributed by atoms with Gasteiger partial charge in [-0.15, -0.1) is 0 Å². The zero-order valence-corrected chi connectivity index (χ0v) is 15.3. The molecule has 5 nitrogen and oxygen atoms in total. The summed E-state index contributed by atoms with van der Waals surface area (Å²) in [5.74, 6) is -1.63. The monoisotopic (exact) mass is 412 g/mol. The van der Waals surface area contributed by atoms with Crippen molar-refractivity contribution in [1.29, 1.82) is 0 Å². The van der Waals surface area contributed by atoms with Crippen molar-refractivity contribution in [1.82, 2.24) is 9.80 Å². The maximum Gasteiger partial charge on any atom is 0.387 e. The first-order chi connectivity index (χ1) is 13.3. The minimum Gasteiger partial charge on any atom is -0.435 e. The van der Waals surface area contributed by atoms with E-state index in [0.717, 1.165) is 6.07 Å². The fourth-order valence-electron chi connectivity index (χ4n) is 2.93. The van der Waals surface area contributed by atoms with Gasteiger partial charge in [-0.25, -0.2) is 4.39 Å². The van der Waals surface area contributed by atoms with E-state index < -0.39 is 18.3 Å². The zero-order valence-electron chi connectivity index (χ0n) is 14.6. The number of rotatable bonds is 4. The summed E-state index contributed by atoms with van der Waals surface area (Å²) < 4.78 is 42.9. The smallest absolute Gasteiger partial charge is 0.387 e. The van der Waals surface area contributed by atoms with Crippen LogP contribution in [0.1, 0.15) is 20.7 Å². The summed E-state index contributed by atoms with van der Waals surface area (Å²) in [6.45, 7) is -2.10. The first-order valence-electron chi connectivity index (χ1n) is 8.43. The van der Waals surface area contributed by atoms with E-state index in [1.54, 1.807) is 0 Å². The number of piperazine rings is 1. The molecule has 0 radical (unpaired) electrons. The summed E-state index contributed by atoms with van der Waals surface area (Å²) in [6.07, 6.45) is 0. The molecule has 0 atom stereocenters. The van der Waals surface area contributed by atoms with E-state index in [2.05, 4.69) is 4.74 Å². The molecule has 2 aromatic rings. The molecule has 0 spiro atoms. The third-order valence-electron chi connectivity index (χ3n) is 4.32. The fourth-order valence-corrected chi connectivity index (χ4v) is 3.10. The fraction of sp³-hybridized carbons (Fsp3) is 0.263. The largest absolute Gasteiger partial charge is 0.435 e. The van der Waals surface area contributed by atoms with Crippen LogP contribution in [0.5, 0.6) is 5.75 Å². The molecule has 0 aliphatic carbocycles. The lowest BCUT2D eigenvalue weighted by Crippen LogP contribution is -2.50. The number of ether oxygens (including phenoxy) is 1. The molecule has 0 saturated carbocycles. The third kappa shape index (κ3) is 4.56. The van der Waals surface area contributed by atoms with E-state index in [-0.39, 0.29) is 54.0 Å². The van der Waals surface area contributed by atoms with Crippen molar-refractivity contribution in [2.45, 2.75) is 6.61 Å². The molecule has 1 fully saturated rings. The maximum atomic E-state index is 13.9. The highest BCUT2D eigenvalue weighted by Gasteiger charge is 2.27. The zero-order chi connectivity index (χ0) is 20.3. The number of benzene rings is 2. The molecule has 9 heteroatoms. The maximum absolute atomic E-state index is 13.9. The molecule has 1 aliphatic heterocycles. The van der Waals surface area contributed by atoms with Gasteiger partial charge in [0.15, 0.2) is 0 Å². The van der Waals surface area contributed by atoms with Gasteiger partial charge in [0.1, 0.15) is 11.6 Å². The van der Waals surface area contributed by atoms with Gasteiger partial charge < -0.3 is 14.5 Å². The highest BCUT2D eigenvalue weighted by molar-refractivity contribution is 6.31. The van der Waals surface area contributed by atoms with Crippen molar-refractivity contribution in [3.63, 3.8) is 0 Å². The Morgan fingerprint density at radius 2 is 1.61 bits per heavy atom. The first kappa shape index (κ1) is 20.0. The Labute approximate surface area is 164 Å². The normalized spacial score (nSPS) is 14.3. The number of halogens is 4. The van der Waals surface area contributed by atoms with Gasteiger partial charge in [-0.2, -0.15) is 8.78 Å². The lowest BCUT2D eigenvalue weighted by atomic mass is 10.1. The molecule has 0 aromatic heterocycles. The predicted octanol–water partition coefficient (Wildman–Crippen LogP) is 3.68. The Balaban J connectivity index is 1.64. The molecule has 1 heterocycles. The van der Waals surface area contributed by atoms with Crippen molar-refractivity contribution in [3.05, 3.63) is 64.4 Å². The molecule has 0 N–H and O–H groups in total. The summed E-state index contributed by atoms with van der Waals surface area (Å²) in [6, 6.07) is 9.28. The number of amides is 2. The summed E-state index contributed by atoms with van der Waals surface area (Å²) in [5.41, 5.74) is 0.0861. The number of hydrogen-bond acceptors (Lipinski definition) is 3. The second-order valence-electron chi connectivity index (χ2n) is 6.11. The highest BCUT2D eigenvalue weighted by atomic mass is 35.5. The van der Waals surface area contributed by atoms with Gasteiger partial charge in [0.05, 0.1) is 5.56 Å². The number of alkyl halides is 2. The van der Waals surface area contributed by atoms with Gasteiger partial charge >= 0.3 is 6.61 Å². The van der Waals surface area contributed by atoms with E-state index in [1.807, 2.05) is 0 Å².